The zero-order chi connectivity index (χ0) is 24.5. The quantitative estimate of drug-likeness (QED) is 0.323. The number of aliphatic hydroxyl groups excluding tert-OH is 1. The monoisotopic (exact) mass is 520 g/mol. The molecule has 0 radical (unpaired) electrons. The van der Waals surface area contributed by atoms with Crippen LogP contribution in [0.25, 0.3) is 0 Å². The SMILES string of the molecule is CC(C)(c1ccc(Cl)c(Cl)c1)c1cnc(SCc2ccc(F)cc2CO)n1C1C=CC(F)=CC1. The van der Waals surface area contributed by atoms with E-state index in [1.54, 1.807) is 18.2 Å². The highest BCUT2D eigenvalue weighted by Gasteiger charge is 2.31. The highest BCUT2D eigenvalue weighted by atomic mass is 35.5. The van der Waals surface area contributed by atoms with Crippen molar-refractivity contribution in [2.24, 2.45) is 0 Å². The first-order valence-corrected chi connectivity index (χ1v) is 12.5. The molecule has 1 unspecified atom stereocenters. The van der Waals surface area contributed by atoms with E-state index in [0.29, 0.717) is 27.8 Å². The third-order valence-electron chi connectivity index (χ3n) is 6.10. The van der Waals surface area contributed by atoms with Crippen molar-refractivity contribution in [2.45, 2.75) is 49.2 Å². The Kier molecular flexibility index (Phi) is 7.53. The van der Waals surface area contributed by atoms with Crippen LogP contribution >= 0.6 is 35.0 Å². The molecule has 1 atom stereocenters. The fraction of sp³-hybridized carbons (Fsp3) is 0.269. The van der Waals surface area contributed by atoms with E-state index in [4.69, 9.17) is 28.2 Å². The summed E-state index contributed by atoms with van der Waals surface area (Å²) in [6.07, 6.45) is 7.22. The molecule has 8 heteroatoms. The molecule has 0 aliphatic heterocycles. The average molecular weight is 521 g/mol. The minimum atomic E-state index is -0.473. The number of allylic oxidation sites excluding steroid dienone is 4. The molecule has 0 saturated heterocycles. The molecule has 178 valence electrons. The Morgan fingerprint density at radius 1 is 1.12 bits per heavy atom. The van der Waals surface area contributed by atoms with E-state index >= 15 is 0 Å². The lowest BCUT2D eigenvalue weighted by Gasteiger charge is -2.30. The van der Waals surface area contributed by atoms with Crippen LogP contribution in [-0.2, 0) is 17.8 Å². The molecule has 1 aliphatic rings. The molecule has 4 rings (SSSR count). The number of thioether (sulfide) groups is 1. The summed E-state index contributed by atoms with van der Waals surface area (Å²) in [5.74, 6) is -0.138. The van der Waals surface area contributed by atoms with Crippen molar-refractivity contribution in [3.05, 3.63) is 105 Å². The number of benzene rings is 2. The summed E-state index contributed by atoms with van der Waals surface area (Å²) < 4.78 is 29.4. The number of aromatic nitrogens is 2. The Morgan fingerprint density at radius 3 is 2.59 bits per heavy atom. The summed E-state index contributed by atoms with van der Waals surface area (Å²) in [4.78, 5) is 4.71. The number of hydrogen-bond acceptors (Lipinski definition) is 3. The van der Waals surface area contributed by atoms with Crippen LogP contribution in [0.15, 0.2) is 71.8 Å². The van der Waals surface area contributed by atoms with Crippen molar-refractivity contribution in [1.29, 1.82) is 0 Å². The van der Waals surface area contributed by atoms with E-state index in [0.717, 1.165) is 22.0 Å². The summed E-state index contributed by atoms with van der Waals surface area (Å²) in [6, 6.07) is 9.88. The van der Waals surface area contributed by atoms with Crippen molar-refractivity contribution in [2.75, 3.05) is 0 Å². The van der Waals surface area contributed by atoms with Crippen LogP contribution in [0, 0.1) is 5.82 Å². The van der Waals surface area contributed by atoms with Crippen LogP contribution < -0.4 is 0 Å². The van der Waals surface area contributed by atoms with Gasteiger partial charge in [0, 0.05) is 16.9 Å². The molecular weight excluding hydrogens is 497 g/mol. The van der Waals surface area contributed by atoms with Crippen LogP contribution in [0.3, 0.4) is 0 Å². The zero-order valence-electron chi connectivity index (χ0n) is 18.7. The minimum absolute atomic E-state index is 0.118. The fourth-order valence-corrected chi connectivity index (χ4v) is 5.43. The first-order chi connectivity index (χ1) is 16.2. The van der Waals surface area contributed by atoms with Gasteiger partial charge in [0.05, 0.1) is 28.9 Å². The molecule has 2 aromatic carbocycles. The lowest BCUT2D eigenvalue weighted by molar-refractivity contribution is 0.280. The van der Waals surface area contributed by atoms with Gasteiger partial charge in [0.15, 0.2) is 5.16 Å². The number of nitrogens with zero attached hydrogens (tertiary/aromatic N) is 2. The summed E-state index contributed by atoms with van der Waals surface area (Å²) in [6.45, 7) is 3.93. The molecule has 34 heavy (non-hydrogen) atoms. The second kappa shape index (κ2) is 10.2. The Hall–Kier alpha value is -2.12. The summed E-state index contributed by atoms with van der Waals surface area (Å²) in [5, 5.41) is 11.3. The second-order valence-corrected chi connectivity index (χ2v) is 10.4. The molecule has 1 aromatic heterocycles. The summed E-state index contributed by atoms with van der Waals surface area (Å²) in [7, 11) is 0. The van der Waals surface area contributed by atoms with Crippen molar-refractivity contribution in [1.82, 2.24) is 9.55 Å². The number of imidazole rings is 1. The largest absolute Gasteiger partial charge is 0.392 e. The number of rotatable bonds is 7. The summed E-state index contributed by atoms with van der Waals surface area (Å²) >= 11 is 13.9. The molecule has 0 fully saturated rings. The Bertz CT molecular complexity index is 1270. The lowest BCUT2D eigenvalue weighted by atomic mass is 9.81. The maximum atomic E-state index is 13.7. The second-order valence-electron chi connectivity index (χ2n) is 8.66. The highest BCUT2D eigenvalue weighted by Crippen LogP contribution is 2.40. The van der Waals surface area contributed by atoms with E-state index in [1.165, 1.54) is 30.0 Å². The van der Waals surface area contributed by atoms with Gasteiger partial charge in [-0.3, -0.25) is 0 Å². The van der Waals surface area contributed by atoms with Crippen molar-refractivity contribution >= 4 is 35.0 Å². The summed E-state index contributed by atoms with van der Waals surface area (Å²) in [5.41, 5.74) is 2.82. The Morgan fingerprint density at radius 2 is 1.91 bits per heavy atom. The third-order valence-corrected chi connectivity index (χ3v) is 7.86. The van der Waals surface area contributed by atoms with Crippen molar-refractivity contribution in [3.8, 4) is 0 Å². The molecule has 3 nitrogen and oxygen atoms in total. The third kappa shape index (κ3) is 5.10. The maximum Gasteiger partial charge on any atom is 0.169 e. The molecule has 0 saturated carbocycles. The van der Waals surface area contributed by atoms with E-state index in [2.05, 4.69) is 18.4 Å². The molecule has 1 heterocycles. The van der Waals surface area contributed by atoms with Crippen LogP contribution in [-0.4, -0.2) is 14.7 Å². The first-order valence-electron chi connectivity index (χ1n) is 10.8. The van der Waals surface area contributed by atoms with Gasteiger partial charge in [-0.05, 0) is 59.5 Å². The smallest absolute Gasteiger partial charge is 0.169 e. The van der Waals surface area contributed by atoms with Gasteiger partial charge >= 0.3 is 0 Å². The van der Waals surface area contributed by atoms with E-state index < -0.39 is 5.41 Å². The number of hydrogen-bond donors (Lipinski definition) is 1. The molecular formula is C26H24Cl2F2N2OS. The van der Waals surface area contributed by atoms with Gasteiger partial charge in [0.25, 0.3) is 0 Å². The maximum absolute atomic E-state index is 13.7. The Labute approximate surface area is 212 Å². The molecule has 1 N–H and O–H groups in total. The van der Waals surface area contributed by atoms with Gasteiger partial charge in [0.1, 0.15) is 11.6 Å². The highest BCUT2D eigenvalue weighted by molar-refractivity contribution is 7.98. The lowest BCUT2D eigenvalue weighted by Crippen LogP contribution is -2.25. The zero-order valence-corrected chi connectivity index (χ0v) is 21.1. The molecule has 0 bridgehead atoms. The van der Waals surface area contributed by atoms with Crippen molar-refractivity contribution < 1.29 is 13.9 Å². The van der Waals surface area contributed by atoms with Gasteiger partial charge in [-0.2, -0.15) is 0 Å². The number of aliphatic hydroxyl groups is 1. The van der Waals surface area contributed by atoms with Gasteiger partial charge < -0.3 is 9.67 Å². The molecule has 3 aromatic rings. The van der Waals surface area contributed by atoms with Gasteiger partial charge in [-0.15, -0.1) is 0 Å². The van der Waals surface area contributed by atoms with Crippen LogP contribution in [0.4, 0.5) is 8.78 Å². The molecule has 0 spiro atoms. The van der Waals surface area contributed by atoms with Crippen LogP contribution in [0.5, 0.6) is 0 Å². The van der Waals surface area contributed by atoms with Gasteiger partial charge in [-0.25, -0.2) is 13.8 Å². The van der Waals surface area contributed by atoms with E-state index in [9.17, 15) is 13.9 Å². The van der Waals surface area contributed by atoms with E-state index in [-0.39, 0.29) is 24.3 Å². The topological polar surface area (TPSA) is 38.1 Å². The fourth-order valence-electron chi connectivity index (χ4n) is 4.07. The van der Waals surface area contributed by atoms with Crippen LogP contribution in [0.2, 0.25) is 10.0 Å². The first kappa shape index (κ1) is 25.0. The van der Waals surface area contributed by atoms with Gasteiger partial charge in [-0.1, -0.05) is 67.0 Å². The standard InChI is InChI=1S/C26H24Cl2F2N2OS/c1-26(2,18-4-10-22(27)23(28)12-18)24-13-31-25(32(24)21-8-6-19(29)7-9-21)34-15-16-3-5-20(30)11-17(16)14-33/h3-8,10-13,21,33H,9,14-15H2,1-2H3. The minimum Gasteiger partial charge on any atom is -0.392 e. The number of halogens is 4. The predicted octanol–water partition coefficient (Wildman–Crippen LogP) is 7.79. The van der Waals surface area contributed by atoms with E-state index in [1.807, 2.05) is 24.4 Å². The predicted molar refractivity (Wildman–Crippen MR) is 135 cm³/mol. The molecule has 0 amide bonds. The molecule has 1 aliphatic carbocycles. The van der Waals surface area contributed by atoms with Gasteiger partial charge in [0.2, 0.25) is 0 Å². The van der Waals surface area contributed by atoms with Crippen LogP contribution in [0.1, 0.15) is 48.7 Å². The average Bonchev–Trinajstić information content (AvgIpc) is 3.25. The Balaban J connectivity index is 1.73. The van der Waals surface area contributed by atoms with Crippen molar-refractivity contribution in [3.63, 3.8) is 0 Å². The normalized spacial score (nSPS) is 16.1.